The van der Waals surface area contributed by atoms with E-state index in [9.17, 15) is 4.79 Å². The monoisotopic (exact) mass is 329 g/mol. The normalized spacial score (nSPS) is 24.2. The Morgan fingerprint density at radius 1 is 1.42 bits per heavy atom. The Morgan fingerprint density at radius 3 is 2.88 bits per heavy atom. The van der Waals surface area contributed by atoms with Crippen molar-refractivity contribution >= 4 is 12.0 Å². The maximum Gasteiger partial charge on any atom is 0.276 e. The van der Waals surface area contributed by atoms with Gasteiger partial charge < -0.3 is 14.7 Å². The van der Waals surface area contributed by atoms with Crippen molar-refractivity contribution in [3.8, 4) is 0 Å². The van der Waals surface area contributed by atoms with Crippen molar-refractivity contribution in [2.75, 3.05) is 26.2 Å². The van der Waals surface area contributed by atoms with Gasteiger partial charge in [-0.2, -0.15) is 0 Å². The number of nitrogens with one attached hydrogen (secondary N) is 1. The van der Waals surface area contributed by atoms with E-state index in [2.05, 4.69) is 43.4 Å². The fraction of sp³-hybridized carbons (Fsp3) is 0.579. The highest BCUT2D eigenvalue weighted by Gasteiger charge is 2.31. The first-order valence-electron chi connectivity index (χ1n) is 8.79. The number of allylic oxidation sites excluding steroid dienone is 3. The first-order valence-corrected chi connectivity index (χ1v) is 8.79. The second kappa shape index (κ2) is 6.93. The van der Waals surface area contributed by atoms with Gasteiger partial charge in [0.15, 0.2) is 11.5 Å². The number of hydrogen-bond acceptors (Lipinski definition) is 4. The van der Waals surface area contributed by atoms with E-state index in [-0.39, 0.29) is 11.3 Å². The zero-order valence-corrected chi connectivity index (χ0v) is 14.8. The minimum Gasteiger partial charge on any atom is -0.356 e. The fourth-order valence-corrected chi connectivity index (χ4v) is 3.67. The molecule has 0 bridgehead atoms. The number of nitrogens with zero attached hydrogens (tertiary/aromatic N) is 2. The van der Waals surface area contributed by atoms with Crippen LogP contribution in [-0.4, -0.2) is 42.1 Å². The fourth-order valence-electron chi connectivity index (χ4n) is 3.67. The van der Waals surface area contributed by atoms with Gasteiger partial charge in [-0.05, 0) is 31.3 Å². The van der Waals surface area contributed by atoms with Crippen molar-refractivity contribution in [2.45, 2.75) is 33.6 Å². The third kappa shape index (κ3) is 3.61. The highest BCUT2D eigenvalue weighted by molar-refractivity contribution is 5.92. The molecule has 2 heterocycles. The van der Waals surface area contributed by atoms with E-state index in [1.807, 2.05) is 11.0 Å². The second-order valence-corrected chi connectivity index (χ2v) is 7.47. The second-order valence-electron chi connectivity index (χ2n) is 7.47. The van der Waals surface area contributed by atoms with Crippen LogP contribution in [0.1, 0.15) is 49.9 Å². The standard InChI is InChI=1S/C19H27N3O2/c1-14-5-4-8-19(2,3)16(14)7-6-15-13-17(21-24-15)18(23)22-11-9-20-10-12-22/h5-7,13,16,20H,4,8-12H2,1-3H3/b7-6+. The molecule has 24 heavy (non-hydrogen) atoms. The van der Waals surface area contributed by atoms with Gasteiger partial charge in [0.25, 0.3) is 5.91 Å². The summed E-state index contributed by atoms with van der Waals surface area (Å²) in [6.07, 6.45) is 8.79. The number of hydrogen-bond donors (Lipinski definition) is 1. The zero-order chi connectivity index (χ0) is 17.2. The van der Waals surface area contributed by atoms with Crippen LogP contribution in [0.25, 0.3) is 6.08 Å². The van der Waals surface area contributed by atoms with Gasteiger partial charge in [0.05, 0.1) is 0 Å². The van der Waals surface area contributed by atoms with Crippen LogP contribution in [0, 0.1) is 11.3 Å². The van der Waals surface area contributed by atoms with Crippen LogP contribution < -0.4 is 5.32 Å². The van der Waals surface area contributed by atoms with Gasteiger partial charge in [-0.25, -0.2) is 0 Å². The SMILES string of the molecule is CC1=CCCC(C)(C)C1/C=C/c1cc(C(=O)N2CCNCC2)no1. The number of carbonyl (C=O) groups excluding carboxylic acids is 1. The lowest BCUT2D eigenvalue weighted by Gasteiger charge is -2.36. The summed E-state index contributed by atoms with van der Waals surface area (Å²) in [4.78, 5) is 14.2. The average Bonchev–Trinajstić information content (AvgIpc) is 3.03. The summed E-state index contributed by atoms with van der Waals surface area (Å²) in [5.41, 5.74) is 2.04. The average molecular weight is 329 g/mol. The lowest BCUT2D eigenvalue weighted by molar-refractivity contribution is 0.0725. The first-order chi connectivity index (χ1) is 11.5. The molecule has 1 amide bonds. The molecule has 1 aromatic rings. The van der Waals surface area contributed by atoms with Crippen LogP contribution in [-0.2, 0) is 0 Å². The Kier molecular flexibility index (Phi) is 4.90. The number of amides is 1. The van der Waals surface area contributed by atoms with Gasteiger partial charge in [0.1, 0.15) is 0 Å². The number of aromatic nitrogens is 1. The summed E-state index contributed by atoms with van der Waals surface area (Å²) in [6, 6.07) is 1.75. The quantitative estimate of drug-likeness (QED) is 0.866. The molecule has 0 saturated carbocycles. The summed E-state index contributed by atoms with van der Waals surface area (Å²) < 4.78 is 5.35. The summed E-state index contributed by atoms with van der Waals surface area (Å²) in [6.45, 7) is 9.90. The van der Waals surface area contributed by atoms with Crippen LogP contribution in [0.15, 0.2) is 28.3 Å². The molecule has 1 N–H and O–H groups in total. The molecule has 1 saturated heterocycles. The van der Waals surface area contributed by atoms with Crippen molar-refractivity contribution in [3.63, 3.8) is 0 Å². The largest absolute Gasteiger partial charge is 0.356 e. The molecule has 1 aromatic heterocycles. The molecule has 3 rings (SSSR count). The molecule has 1 unspecified atom stereocenters. The van der Waals surface area contributed by atoms with Crippen molar-refractivity contribution < 1.29 is 9.32 Å². The minimum atomic E-state index is -0.0472. The molecule has 1 atom stereocenters. The zero-order valence-electron chi connectivity index (χ0n) is 14.8. The summed E-state index contributed by atoms with van der Waals surface area (Å²) in [5, 5.41) is 7.20. The molecule has 5 heteroatoms. The lowest BCUT2D eigenvalue weighted by atomic mass is 9.68. The van der Waals surface area contributed by atoms with Gasteiger partial charge in [-0.3, -0.25) is 4.79 Å². The predicted octanol–water partition coefficient (Wildman–Crippen LogP) is 3.12. The molecule has 1 aliphatic carbocycles. The summed E-state index contributed by atoms with van der Waals surface area (Å²) >= 11 is 0. The molecule has 5 nitrogen and oxygen atoms in total. The van der Waals surface area contributed by atoms with Crippen LogP contribution in [0.3, 0.4) is 0 Å². The Hall–Kier alpha value is -1.88. The van der Waals surface area contributed by atoms with Crippen LogP contribution in [0.2, 0.25) is 0 Å². The molecule has 1 fully saturated rings. The van der Waals surface area contributed by atoms with Crippen molar-refractivity contribution in [2.24, 2.45) is 11.3 Å². The van der Waals surface area contributed by atoms with E-state index in [0.29, 0.717) is 17.4 Å². The van der Waals surface area contributed by atoms with E-state index in [0.717, 1.165) is 32.6 Å². The van der Waals surface area contributed by atoms with Crippen LogP contribution in [0.4, 0.5) is 0 Å². The van der Waals surface area contributed by atoms with Crippen LogP contribution >= 0.6 is 0 Å². The Balaban J connectivity index is 1.70. The van der Waals surface area contributed by atoms with E-state index >= 15 is 0 Å². The van der Waals surface area contributed by atoms with Crippen molar-refractivity contribution in [1.29, 1.82) is 0 Å². The third-order valence-electron chi connectivity index (χ3n) is 5.19. The summed E-state index contributed by atoms with van der Waals surface area (Å²) in [5.74, 6) is 0.986. The Labute approximate surface area is 143 Å². The highest BCUT2D eigenvalue weighted by atomic mass is 16.5. The topological polar surface area (TPSA) is 58.4 Å². The maximum absolute atomic E-state index is 12.4. The molecular weight excluding hydrogens is 302 g/mol. The van der Waals surface area contributed by atoms with E-state index in [1.54, 1.807) is 6.07 Å². The highest BCUT2D eigenvalue weighted by Crippen LogP contribution is 2.41. The molecule has 0 spiro atoms. The lowest BCUT2D eigenvalue weighted by Crippen LogP contribution is -2.46. The molecule has 1 aliphatic heterocycles. The molecule has 130 valence electrons. The smallest absolute Gasteiger partial charge is 0.276 e. The predicted molar refractivity (Wildman–Crippen MR) is 94.6 cm³/mol. The maximum atomic E-state index is 12.4. The van der Waals surface area contributed by atoms with Gasteiger partial charge >= 0.3 is 0 Å². The first kappa shape index (κ1) is 17.0. The Bertz CT molecular complexity index is 651. The van der Waals surface area contributed by atoms with Gasteiger partial charge in [-0.1, -0.05) is 36.7 Å². The minimum absolute atomic E-state index is 0.0472. The number of carbonyl (C=O) groups is 1. The van der Waals surface area contributed by atoms with Gasteiger partial charge in [-0.15, -0.1) is 0 Å². The van der Waals surface area contributed by atoms with E-state index in [4.69, 9.17) is 4.52 Å². The number of piperazine rings is 1. The van der Waals surface area contributed by atoms with E-state index < -0.39 is 0 Å². The molecule has 2 aliphatic rings. The van der Waals surface area contributed by atoms with Gasteiger partial charge in [0, 0.05) is 38.2 Å². The van der Waals surface area contributed by atoms with Crippen LogP contribution in [0.5, 0.6) is 0 Å². The Morgan fingerprint density at radius 2 is 2.17 bits per heavy atom. The van der Waals surface area contributed by atoms with Crippen molar-refractivity contribution in [1.82, 2.24) is 15.4 Å². The third-order valence-corrected chi connectivity index (χ3v) is 5.19. The summed E-state index contributed by atoms with van der Waals surface area (Å²) in [7, 11) is 0. The molecular formula is C19H27N3O2. The van der Waals surface area contributed by atoms with E-state index in [1.165, 1.54) is 12.0 Å². The molecule has 0 aromatic carbocycles. The number of rotatable bonds is 3. The molecule has 0 radical (unpaired) electrons. The van der Waals surface area contributed by atoms with Gasteiger partial charge in [0.2, 0.25) is 0 Å². The van der Waals surface area contributed by atoms with Crippen molar-refractivity contribution in [3.05, 3.63) is 35.2 Å².